The predicted octanol–water partition coefficient (Wildman–Crippen LogP) is 2.23. The van der Waals surface area contributed by atoms with Gasteiger partial charge in [0.15, 0.2) is 0 Å². The van der Waals surface area contributed by atoms with Gasteiger partial charge in [-0.25, -0.2) is 0 Å². The zero-order valence-corrected chi connectivity index (χ0v) is 10.9. The van der Waals surface area contributed by atoms with E-state index in [2.05, 4.69) is 21.2 Å². The molecule has 1 unspecified atom stereocenters. The van der Waals surface area contributed by atoms with Crippen LogP contribution in [0, 0.1) is 0 Å². The summed E-state index contributed by atoms with van der Waals surface area (Å²) < 4.78 is 1.06. The summed E-state index contributed by atoms with van der Waals surface area (Å²) in [5.41, 5.74) is 0. The summed E-state index contributed by atoms with van der Waals surface area (Å²) in [4.78, 5) is 13.9. The summed E-state index contributed by atoms with van der Waals surface area (Å²) in [5.74, 6) is 0.168. The topological polar surface area (TPSA) is 32.3 Å². The molecule has 1 amide bonds. The number of amides is 1. The van der Waals surface area contributed by atoms with Crippen molar-refractivity contribution in [1.82, 2.24) is 5.32 Å². The summed E-state index contributed by atoms with van der Waals surface area (Å²) in [6, 6.07) is 3.90. The van der Waals surface area contributed by atoms with Crippen molar-refractivity contribution in [2.24, 2.45) is 0 Å². The Kier molecular flexibility index (Phi) is 3.43. The summed E-state index contributed by atoms with van der Waals surface area (Å²) >= 11 is 5.02. The van der Waals surface area contributed by atoms with Crippen LogP contribution in [0.5, 0.6) is 0 Å². The zero-order chi connectivity index (χ0) is 10.8. The number of nitrogens with zero attached hydrogens (tertiary/aromatic N) is 1. The number of hydrogen-bond donors (Lipinski definition) is 1. The highest BCUT2D eigenvalue weighted by atomic mass is 79.9. The van der Waals surface area contributed by atoms with Crippen LogP contribution in [0.1, 0.15) is 13.3 Å². The third-order valence-electron chi connectivity index (χ3n) is 2.47. The Hall–Kier alpha value is -0.390. The number of hydrogen-bond acceptors (Lipinski definition) is 3. The minimum absolute atomic E-state index is 0.0756. The van der Waals surface area contributed by atoms with Gasteiger partial charge in [0.25, 0.3) is 0 Å². The average Bonchev–Trinajstić information content (AvgIpc) is 2.56. The van der Waals surface area contributed by atoms with E-state index in [1.54, 1.807) is 11.3 Å². The van der Waals surface area contributed by atoms with Gasteiger partial charge in [-0.05, 0) is 48.0 Å². The number of anilines is 1. The number of nitrogens with one attached hydrogen (secondary N) is 1. The molecule has 3 nitrogen and oxygen atoms in total. The molecule has 2 rings (SSSR count). The molecule has 1 aromatic heterocycles. The normalized spacial score (nSPS) is 22.9. The molecule has 5 heteroatoms. The first-order valence-electron chi connectivity index (χ1n) is 4.98. The number of carbonyl (C=O) groups excluding carboxylic acids is 1. The first-order chi connectivity index (χ1) is 7.18. The molecule has 1 aliphatic heterocycles. The molecule has 1 atom stereocenters. The number of thiophene rings is 1. The van der Waals surface area contributed by atoms with Gasteiger partial charge in [-0.2, -0.15) is 0 Å². The van der Waals surface area contributed by atoms with Crippen LogP contribution in [-0.2, 0) is 4.79 Å². The predicted molar refractivity (Wildman–Crippen MR) is 66.5 cm³/mol. The summed E-state index contributed by atoms with van der Waals surface area (Å²) in [5, 5.41) is 4.23. The average molecular weight is 289 g/mol. The highest BCUT2D eigenvalue weighted by molar-refractivity contribution is 9.11. The van der Waals surface area contributed by atoms with Crippen LogP contribution in [0.3, 0.4) is 0 Å². The molecule has 0 radical (unpaired) electrons. The van der Waals surface area contributed by atoms with E-state index in [1.165, 1.54) is 0 Å². The van der Waals surface area contributed by atoms with Crippen molar-refractivity contribution in [3.05, 3.63) is 15.9 Å². The zero-order valence-electron chi connectivity index (χ0n) is 8.50. The maximum absolute atomic E-state index is 12.0. The first-order valence-corrected chi connectivity index (χ1v) is 6.59. The van der Waals surface area contributed by atoms with E-state index in [4.69, 9.17) is 0 Å². The van der Waals surface area contributed by atoms with Crippen LogP contribution in [0.2, 0.25) is 0 Å². The molecule has 1 aromatic rings. The molecule has 82 valence electrons. The highest BCUT2D eigenvalue weighted by Crippen LogP contribution is 2.30. The van der Waals surface area contributed by atoms with Crippen LogP contribution in [0.25, 0.3) is 0 Å². The van der Waals surface area contributed by atoms with Gasteiger partial charge in [0.1, 0.15) is 0 Å². The molecule has 1 saturated heterocycles. The molecule has 0 bridgehead atoms. The molecule has 0 saturated carbocycles. The second-order valence-corrected chi connectivity index (χ2v) is 6.04. The molecule has 1 aliphatic rings. The van der Waals surface area contributed by atoms with Crippen molar-refractivity contribution in [2.45, 2.75) is 19.4 Å². The Morgan fingerprint density at radius 1 is 1.60 bits per heavy atom. The minimum Gasteiger partial charge on any atom is -0.306 e. The Morgan fingerprint density at radius 3 is 3.07 bits per heavy atom. The fourth-order valence-electron chi connectivity index (χ4n) is 1.66. The lowest BCUT2D eigenvalue weighted by Gasteiger charge is -2.20. The Balaban J connectivity index is 2.22. The second-order valence-electron chi connectivity index (χ2n) is 3.60. The van der Waals surface area contributed by atoms with Crippen LogP contribution >= 0.6 is 27.3 Å². The Labute approximate surface area is 102 Å². The van der Waals surface area contributed by atoms with Gasteiger partial charge >= 0.3 is 0 Å². The van der Waals surface area contributed by atoms with Crippen LogP contribution in [0.4, 0.5) is 5.00 Å². The minimum atomic E-state index is -0.0756. The highest BCUT2D eigenvalue weighted by Gasteiger charge is 2.24. The Bertz CT molecular complexity index is 366. The molecule has 0 spiro atoms. The summed E-state index contributed by atoms with van der Waals surface area (Å²) in [6.07, 6.45) is 1.01. The lowest BCUT2D eigenvalue weighted by molar-refractivity contribution is -0.119. The van der Waals surface area contributed by atoms with E-state index in [1.807, 2.05) is 24.0 Å². The van der Waals surface area contributed by atoms with Crippen LogP contribution in [-0.4, -0.2) is 25.0 Å². The van der Waals surface area contributed by atoms with Gasteiger partial charge in [-0.1, -0.05) is 0 Å². The van der Waals surface area contributed by atoms with E-state index < -0.39 is 0 Å². The van der Waals surface area contributed by atoms with Crippen molar-refractivity contribution in [1.29, 1.82) is 0 Å². The second kappa shape index (κ2) is 4.63. The van der Waals surface area contributed by atoms with Crippen molar-refractivity contribution < 1.29 is 4.79 Å². The largest absolute Gasteiger partial charge is 0.306 e. The monoisotopic (exact) mass is 288 g/mol. The van der Waals surface area contributed by atoms with Gasteiger partial charge in [-0.15, -0.1) is 11.3 Å². The van der Waals surface area contributed by atoms with Crippen molar-refractivity contribution in [2.75, 3.05) is 18.0 Å². The van der Waals surface area contributed by atoms with Crippen molar-refractivity contribution >= 4 is 38.2 Å². The van der Waals surface area contributed by atoms with Gasteiger partial charge in [0, 0.05) is 6.54 Å². The molecular formula is C10H13BrN2OS. The van der Waals surface area contributed by atoms with Crippen LogP contribution in [0.15, 0.2) is 15.9 Å². The fourth-order valence-corrected chi connectivity index (χ4v) is 3.05. The van der Waals surface area contributed by atoms with E-state index in [-0.39, 0.29) is 11.9 Å². The maximum Gasteiger partial charge on any atom is 0.244 e. The van der Waals surface area contributed by atoms with Gasteiger partial charge < -0.3 is 10.2 Å². The molecule has 0 aliphatic carbocycles. The number of carbonyl (C=O) groups is 1. The third kappa shape index (κ3) is 2.41. The number of rotatable bonds is 1. The summed E-state index contributed by atoms with van der Waals surface area (Å²) in [7, 11) is 0. The summed E-state index contributed by atoms with van der Waals surface area (Å²) in [6.45, 7) is 3.64. The van der Waals surface area contributed by atoms with Gasteiger partial charge in [0.2, 0.25) is 5.91 Å². The van der Waals surface area contributed by atoms with Gasteiger partial charge in [0.05, 0.1) is 14.8 Å². The van der Waals surface area contributed by atoms with Crippen molar-refractivity contribution in [3.8, 4) is 0 Å². The Morgan fingerprint density at radius 2 is 2.40 bits per heavy atom. The van der Waals surface area contributed by atoms with Crippen LogP contribution < -0.4 is 10.2 Å². The molecule has 15 heavy (non-hydrogen) atoms. The van der Waals surface area contributed by atoms with E-state index in [0.29, 0.717) is 0 Å². The molecule has 1 fully saturated rings. The smallest absolute Gasteiger partial charge is 0.244 e. The lowest BCUT2D eigenvalue weighted by Crippen LogP contribution is -2.41. The van der Waals surface area contributed by atoms with E-state index in [0.717, 1.165) is 28.3 Å². The van der Waals surface area contributed by atoms with Crippen molar-refractivity contribution in [3.63, 3.8) is 0 Å². The fraction of sp³-hybridized carbons (Fsp3) is 0.500. The SMILES string of the molecule is CC1NCCCN(c2ccc(Br)s2)C1=O. The van der Waals surface area contributed by atoms with Gasteiger partial charge in [-0.3, -0.25) is 4.79 Å². The van der Waals surface area contributed by atoms with E-state index >= 15 is 0 Å². The molecular weight excluding hydrogens is 276 g/mol. The maximum atomic E-state index is 12.0. The molecule has 2 heterocycles. The first kappa shape index (κ1) is 11.1. The quantitative estimate of drug-likeness (QED) is 0.860. The molecule has 1 N–H and O–H groups in total. The standard InChI is InChI=1S/C10H13BrN2OS/c1-7-10(14)13(6-2-5-12-7)9-4-3-8(11)15-9/h3-4,7,12H,2,5-6H2,1H3. The molecule has 0 aromatic carbocycles. The lowest BCUT2D eigenvalue weighted by atomic mass is 10.3. The third-order valence-corrected chi connectivity index (χ3v) is 4.12. The van der Waals surface area contributed by atoms with E-state index in [9.17, 15) is 4.79 Å². The number of halogens is 1.